The van der Waals surface area contributed by atoms with Gasteiger partial charge in [0.2, 0.25) is 6.08 Å². The fraction of sp³-hybridized carbons (Fsp3) is 0.280. The maximum absolute atomic E-state index is 13.3. The Morgan fingerprint density at radius 3 is 1.66 bits per heavy atom. The maximum Gasteiger partial charge on any atom is 0.418 e. The van der Waals surface area contributed by atoms with Gasteiger partial charge < -0.3 is 26.2 Å². The number of aliphatic imine (C=N–C) groups is 1. The second-order valence-electron chi connectivity index (χ2n) is 17.0. The monoisotopic (exact) mass is 972 g/mol. The number of hydrogen-bond donors (Lipinski definition) is 3. The van der Waals surface area contributed by atoms with E-state index in [1.807, 2.05) is 61.2 Å². The molecule has 6 heterocycles. The third kappa shape index (κ3) is 11.5. The first-order valence-electron chi connectivity index (χ1n) is 22.7. The van der Waals surface area contributed by atoms with Gasteiger partial charge >= 0.3 is 12.2 Å². The number of amides is 2. The molecule has 2 fully saturated rings. The number of nitrogens with zero attached hydrogens (tertiary/aromatic N) is 11. The van der Waals surface area contributed by atoms with Crippen LogP contribution in [0.15, 0.2) is 114 Å². The third-order valence-electron chi connectivity index (χ3n) is 12.3. The van der Waals surface area contributed by atoms with E-state index in [9.17, 15) is 31.5 Å². The van der Waals surface area contributed by atoms with E-state index in [0.717, 1.165) is 94.0 Å². The summed E-state index contributed by atoms with van der Waals surface area (Å²) >= 11 is 0. The number of hydrogen-bond acceptors (Lipinski definition) is 12. The van der Waals surface area contributed by atoms with E-state index >= 15 is 0 Å². The Hall–Kier alpha value is -8.16. The summed E-state index contributed by atoms with van der Waals surface area (Å²) in [4.78, 5) is 30.0. The number of halogens is 5. The molecule has 0 atom stereocenters. The maximum atomic E-state index is 13.3. The van der Waals surface area contributed by atoms with Gasteiger partial charge in [0.25, 0.3) is 0 Å². The average Bonchev–Trinajstić information content (AvgIpc) is 4.00. The van der Waals surface area contributed by atoms with E-state index in [-0.39, 0.29) is 11.9 Å². The Kier molecular flexibility index (Phi) is 15.0. The van der Waals surface area contributed by atoms with Crippen LogP contribution in [0.5, 0.6) is 0 Å². The molecule has 71 heavy (non-hydrogen) atoms. The van der Waals surface area contributed by atoms with Gasteiger partial charge in [0.05, 0.1) is 28.3 Å². The molecule has 4 aromatic carbocycles. The molecule has 0 unspecified atom stereocenters. The number of anilines is 3. The highest BCUT2D eigenvalue weighted by molar-refractivity contribution is 6.01. The van der Waals surface area contributed by atoms with E-state index in [1.165, 1.54) is 24.3 Å². The van der Waals surface area contributed by atoms with Crippen molar-refractivity contribution in [3.8, 4) is 22.8 Å². The Bertz CT molecular complexity index is 3210. The van der Waals surface area contributed by atoms with Crippen LogP contribution in [-0.2, 0) is 25.1 Å². The predicted molar refractivity (Wildman–Crippen MR) is 261 cm³/mol. The number of alkyl halides is 3. The van der Waals surface area contributed by atoms with Crippen LogP contribution in [0.1, 0.15) is 36.8 Å². The highest BCUT2D eigenvalue weighted by atomic mass is 19.4. The van der Waals surface area contributed by atoms with Crippen LogP contribution in [0.4, 0.5) is 49.8 Å². The van der Waals surface area contributed by atoms with Gasteiger partial charge in [-0.1, -0.05) is 48.5 Å². The molecule has 0 aliphatic carbocycles. The van der Waals surface area contributed by atoms with Crippen LogP contribution in [0.2, 0.25) is 0 Å². The Morgan fingerprint density at radius 2 is 1.18 bits per heavy atom. The molecule has 366 valence electrons. The molecule has 0 saturated carbocycles. The van der Waals surface area contributed by atoms with Crippen LogP contribution < -0.4 is 26.2 Å². The molecule has 8 aromatic rings. The number of piperidine rings is 2. The quantitative estimate of drug-likeness (QED) is 0.0785. The summed E-state index contributed by atoms with van der Waals surface area (Å²) < 4.78 is 69.0. The number of fused-ring (bicyclic) bond motifs is 2. The first-order valence-corrected chi connectivity index (χ1v) is 22.7. The Labute approximate surface area is 404 Å². The zero-order valence-corrected chi connectivity index (χ0v) is 38.9. The van der Waals surface area contributed by atoms with Crippen molar-refractivity contribution in [2.24, 2.45) is 24.8 Å². The van der Waals surface area contributed by atoms with Crippen LogP contribution in [0.25, 0.3) is 44.3 Å². The first kappa shape index (κ1) is 49.3. The number of nitrogens with two attached hydrogens (primary N) is 1. The number of isocyanates is 1. The molecule has 16 nitrogen and oxygen atoms in total. The fourth-order valence-electron chi connectivity index (χ4n) is 8.58. The number of aromatic nitrogens is 8. The minimum atomic E-state index is -4.80. The molecular weight excluding hydrogens is 924 g/mol. The molecule has 2 aliphatic rings. The lowest BCUT2D eigenvalue weighted by atomic mass is 10.0. The van der Waals surface area contributed by atoms with E-state index in [1.54, 1.807) is 24.0 Å². The molecule has 21 heteroatoms. The lowest BCUT2D eigenvalue weighted by Gasteiger charge is -2.33. The van der Waals surface area contributed by atoms with Gasteiger partial charge in [-0.25, -0.2) is 18.4 Å². The molecule has 4 N–H and O–H groups in total. The largest absolute Gasteiger partial charge is 0.418 e. The smallest absolute Gasteiger partial charge is 0.354 e. The molecule has 2 amide bonds. The Balaban J connectivity index is 0.000000167. The number of urea groups is 1. The summed E-state index contributed by atoms with van der Waals surface area (Å²) in [7, 11) is 3.76. The molecule has 10 rings (SSSR count). The van der Waals surface area contributed by atoms with E-state index < -0.39 is 29.3 Å². The number of aryl methyl sites for hydroxylation is 3. The third-order valence-corrected chi connectivity index (χ3v) is 12.3. The van der Waals surface area contributed by atoms with Crippen molar-refractivity contribution >= 4 is 56.7 Å². The Morgan fingerprint density at radius 1 is 0.690 bits per heavy atom. The van der Waals surface area contributed by atoms with Gasteiger partial charge in [0.1, 0.15) is 23.0 Å². The topological polar surface area (TPSA) is 190 Å². The van der Waals surface area contributed by atoms with Crippen LogP contribution >= 0.6 is 0 Å². The van der Waals surface area contributed by atoms with Gasteiger partial charge in [0, 0.05) is 86.3 Å². The highest BCUT2D eigenvalue weighted by Gasteiger charge is 2.35. The van der Waals surface area contributed by atoms with Crippen molar-refractivity contribution < 1.29 is 31.5 Å². The van der Waals surface area contributed by atoms with Crippen LogP contribution in [0, 0.1) is 18.6 Å². The number of nitrogens with one attached hydrogen (secondary N) is 2. The fourth-order valence-corrected chi connectivity index (χ4v) is 8.58. The summed E-state index contributed by atoms with van der Waals surface area (Å²) in [5, 5.41) is 35.6. The van der Waals surface area contributed by atoms with Crippen LogP contribution in [0.3, 0.4) is 0 Å². The lowest BCUT2D eigenvalue weighted by molar-refractivity contribution is -0.137. The van der Waals surface area contributed by atoms with Crippen molar-refractivity contribution in [3.63, 3.8) is 0 Å². The van der Waals surface area contributed by atoms with Gasteiger partial charge in [-0.3, -0.25) is 9.36 Å². The number of carbonyl (C=O) groups excluding carboxylic acids is 2. The summed E-state index contributed by atoms with van der Waals surface area (Å²) in [5.41, 5.74) is 8.79. The van der Waals surface area contributed by atoms with Crippen molar-refractivity contribution in [1.82, 2.24) is 45.3 Å². The summed E-state index contributed by atoms with van der Waals surface area (Å²) in [6, 6.07) is 25.4. The molecule has 2 aliphatic heterocycles. The number of rotatable bonds is 7. The first-order chi connectivity index (χ1) is 34.2. The lowest BCUT2D eigenvalue weighted by Crippen LogP contribution is -2.46. The van der Waals surface area contributed by atoms with Crippen molar-refractivity contribution in [1.29, 1.82) is 0 Å². The second kappa shape index (κ2) is 21.6. The minimum absolute atomic E-state index is 0.251. The molecular formula is C50H49F5N14O2. The summed E-state index contributed by atoms with van der Waals surface area (Å²) in [5.74, 6) is 0.325. The van der Waals surface area contributed by atoms with Gasteiger partial charge in [-0.05, 0) is 86.7 Å². The molecule has 0 spiro atoms. The number of benzene rings is 4. The van der Waals surface area contributed by atoms with Crippen LogP contribution in [-0.4, -0.2) is 90.3 Å². The molecule has 2 saturated heterocycles. The van der Waals surface area contributed by atoms with E-state index in [0.29, 0.717) is 49.3 Å². The normalized spacial score (nSPS) is 14.3. The second-order valence-corrected chi connectivity index (χ2v) is 17.0. The molecule has 0 bridgehead atoms. The summed E-state index contributed by atoms with van der Waals surface area (Å²) in [6.45, 7) is 4.69. The standard InChI is InChI=1S/C25H23F4N7O.C17H20N6.C8H6FNO/c1-35-21(8-11-30-35)22-17-4-2-3-5-18(17)23(34-33-22)36-12-9-16(10-13-36)31-24(37)32-20-7-6-15(26)14-19(20)25(27,28)29;1-22-15(6-9-19-22)16-13-4-2-3-5-14(13)17(21-20-16)23-10-7-12(18)8-11-23;1-6-4-7(9)2-3-8(6)10-5-11/h2-8,11,14,16H,9-10,12-13H2,1H3,(H2,31,32,37);2-6,9,12H,7-8,10-11,18H2,1H3;2-4H,1H3. The van der Waals surface area contributed by atoms with Crippen molar-refractivity contribution in [2.75, 3.05) is 41.3 Å². The summed E-state index contributed by atoms with van der Waals surface area (Å²) in [6.07, 6.45) is 3.20. The van der Waals surface area contributed by atoms with E-state index in [2.05, 4.69) is 74.2 Å². The van der Waals surface area contributed by atoms with Gasteiger partial charge in [0.15, 0.2) is 11.6 Å². The molecule has 0 radical (unpaired) electrons. The number of carbonyl (C=O) groups is 1. The highest BCUT2D eigenvalue weighted by Crippen LogP contribution is 2.36. The SMILES string of the molecule is Cc1cc(F)ccc1N=C=O.Cn1nccc1-c1nnc(N2CCC(N)CC2)c2ccccc12.Cn1nccc1-c1nnc(N2CCC(NC(=O)Nc3ccc(F)cc3C(F)(F)F)CC2)c2ccccc12. The zero-order valence-electron chi connectivity index (χ0n) is 38.9. The van der Waals surface area contributed by atoms with Gasteiger partial charge in [-0.2, -0.15) is 28.4 Å². The molecule has 4 aromatic heterocycles. The zero-order chi connectivity index (χ0) is 50.2. The minimum Gasteiger partial charge on any atom is -0.354 e. The average molecular weight is 973 g/mol. The van der Waals surface area contributed by atoms with Crippen molar-refractivity contribution in [3.05, 3.63) is 132 Å². The van der Waals surface area contributed by atoms with Crippen molar-refractivity contribution in [2.45, 2.75) is 50.9 Å². The predicted octanol–water partition coefficient (Wildman–Crippen LogP) is 9.04. The van der Waals surface area contributed by atoms with Gasteiger partial charge in [-0.15, -0.1) is 20.4 Å². The van der Waals surface area contributed by atoms with E-state index in [4.69, 9.17) is 5.73 Å².